The summed E-state index contributed by atoms with van der Waals surface area (Å²) in [5.74, 6) is 0.241. The van der Waals surface area contributed by atoms with E-state index in [1.807, 2.05) is 11.8 Å². The lowest BCUT2D eigenvalue weighted by molar-refractivity contribution is -0.137. The van der Waals surface area contributed by atoms with Crippen molar-refractivity contribution in [1.82, 2.24) is 9.80 Å². The first kappa shape index (κ1) is 19.2. The van der Waals surface area contributed by atoms with Gasteiger partial charge in [-0.3, -0.25) is 4.79 Å². The van der Waals surface area contributed by atoms with E-state index in [2.05, 4.69) is 4.90 Å². The molecule has 1 aromatic rings. The molecule has 2 aliphatic rings. The summed E-state index contributed by atoms with van der Waals surface area (Å²) >= 11 is 0. The number of halogens is 3. The highest BCUT2D eigenvalue weighted by Gasteiger charge is 2.38. The molecule has 3 rings (SSSR count). The van der Waals surface area contributed by atoms with Crippen molar-refractivity contribution in [2.24, 2.45) is 5.92 Å². The number of alkyl halides is 3. The van der Waals surface area contributed by atoms with E-state index in [1.54, 1.807) is 6.07 Å². The van der Waals surface area contributed by atoms with Gasteiger partial charge in [-0.05, 0) is 43.5 Å². The number of carbonyl (C=O) groups is 1. The van der Waals surface area contributed by atoms with Crippen LogP contribution in [-0.2, 0) is 11.0 Å². The van der Waals surface area contributed by atoms with Crippen LogP contribution in [-0.4, -0.2) is 48.4 Å². The fraction of sp³-hybridized carbons (Fsp3) is 0.650. The maximum Gasteiger partial charge on any atom is 0.416 e. The van der Waals surface area contributed by atoms with Gasteiger partial charge >= 0.3 is 6.18 Å². The zero-order valence-corrected chi connectivity index (χ0v) is 15.3. The van der Waals surface area contributed by atoms with Gasteiger partial charge in [0, 0.05) is 32.0 Å². The van der Waals surface area contributed by atoms with Crippen LogP contribution >= 0.6 is 0 Å². The molecule has 144 valence electrons. The summed E-state index contributed by atoms with van der Waals surface area (Å²) in [5, 5.41) is 0. The van der Waals surface area contributed by atoms with Crippen LogP contribution in [0.1, 0.15) is 49.7 Å². The molecule has 2 atom stereocenters. The van der Waals surface area contributed by atoms with E-state index in [1.165, 1.54) is 31.4 Å². The van der Waals surface area contributed by atoms with Gasteiger partial charge in [0.2, 0.25) is 5.91 Å². The van der Waals surface area contributed by atoms with Crippen molar-refractivity contribution in [2.75, 3.05) is 32.7 Å². The highest BCUT2D eigenvalue weighted by atomic mass is 19.4. The molecule has 1 aromatic carbocycles. The Morgan fingerprint density at radius 3 is 2.54 bits per heavy atom. The monoisotopic (exact) mass is 368 g/mol. The first-order valence-electron chi connectivity index (χ1n) is 9.55. The predicted octanol–water partition coefficient (Wildman–Crippen LogP) is 4.14. The molecular formula is C20H27F3N2O. The van der Waals surface area contributed by atoms with Crippen molar-refractivity contribution in [2.45, 2.75) is 44.7 Å². The Hall–Kier alpha value is -1.56. The number of amides is 1. The highest BCUT2D eigenvalue weighted by Crippen LogP contribution is 2.37. The molecule has 0 spiro atoms. The molecule has 0 aromatic heterocycles. The normalized spacial score (nSPS) is 24.8. The minimum Gasteiger partial charge on any atom is -0.342 e. The second-order valence-electron chi connectivity index (χ2n) is 7.50. The largest absolute Gasteiger partial charge is 0.416 e. The van der Waals surface area contributed by atoms with Gasteiger partial charge < -0.3 is 9.80 Å². The summed E-state index contributed by atoms with van der Waals surface area (Å²) in [7, 11) is 0. The van der Waals surface area contributed by atoms with Crippen LogP contribution in [0.3, 0.4) is 0 Å². The maximum atomic E-state index is 13.1. The molecule has 0 bridgehead atoms. The van der Waals surface area contributed by atoms with Crippen LogP contribution < -0.4 is 0 Å². The molecule has 0 unspecified atom stereocenters. The van der Waals surface area contributed by atoms with E-state index in [4.69, 9.17) is 0 Å². The molecule has 1 amide bonds. The Labute approximate surface area is 153 Å². The Morgan fingerprint density at radius 2 is 1.88 bits per heavy atom. The van der Waals surface area contributed by atoms with Crippen molar-refractivity contribution in [3.8, 4) is 0 Å². The van der Waals surface area contributed by atoms with Crippen molar-refractivity contribution in [3.63, 3.8) is 0 Å². The van der Waals surface area contributed by atoms with Crippen LogP contribution in [0.5, 0.6) is 0 Å². The molecule has 0 radical (unpaired) electrons. The van der Waals surface area contributed by atoms with E-state index >= 15 is 0 Å². The summed E-state index contributed by atoms with van der Waals surface area (Å²) in [4.78, 5) is 16.4. The summed E-state index contributed by atoms with van der Waals surface area (Å²) < 4.78 is 39.3. The minimum atomic E-state index is -4.34. The number of benzene rings is 1. The zero-order chi connectivity index (χ0) is 18.7. The van der Waals surface area contributed by atoms with Gasteiger partial charge in [-0.15, -0.1) is 0 Å². The van der Waals surface area contributed by atoms with E-state index in [0.29, 0.717) is 25.1 Å². The smallest absolute Gasteiger partial charge is 0.342 e. The maximum absolute atomic E-state index is 13.1. The second-order valence-corrected chi connectivity index (χ2v) is 7.50. The van der Waals surface area contributed by atoms with Crippen molar-refractivity contribution < 1.29 is 18.0 Å². The van der Waals surface area contributed by atoms with E-state index in [0.717, 1.165) is 25.7 Å². The average Bonchev–Trinajstić information content (AvgIpc) is 3.05. The summed E-state index contributed by atoms with van der Waals surface area (Å²) in [5.41, 5.74) is 0.0974. The summed E-state index contributed by atoms with van der Waals surface area (Å²) in [6.07, 6.45) is -0.294. The molecule has 2 fully saturated rings. The van der Waals surface area contributed by atoms with Gasteiger partial charge in [0.15, 0.2) is 0 Å². The third kappa shape index (κ3) is 4.40. The SMILES string of the molecule is CCC(=O)N1C[C@@H](CN2CCCCC2)[C@H](c2cccc(C(F)(F)F)c2)C1. The van der Waals surface area contributed by atoms with Gasteiger partial charge in [-0.1, -0.05) is 31.5 Å². The molecule has 0 aliphatic carbocycles. The van der Waals surface area contributed by atoms with Crippen LogP contribution in [0.15, 0.2) is 24.3 Å². The van der Waals surface area contributed by atoms with Gasteiger partial charge in [-0.2, -0.15) is 13.2 Å². The average molecular weight is 368 g/mol. The fourth-order valence-electron chi connectivity index (χ4n) is 4.28. The first-order valence-corrected chi connectivity index (χ1v) is 9.55. The predicted molar refractivity (Wildman–Crippen MR) is 94.8 cm³/mol. The number of hydrogen-bond donors (Lipinski definition) is 0. The molecule has 2 saturated heterocycles. The molecule has 3 nitrogen and oxygen atoms in total. The number of carbonyl (C=O) groups excluding carboxylic acids is 1. The number of piperidine rings is 1. The van der Waals surface area contributed by atoms with E-state index in [-0.39, 0.29) is 17.7 Å². The standard InChI is InChI=1S/C20H27F3N2O/c1-2-19(26)25-13-16(12-24-9-4-3-5-10-24)18(14-25)15-7-6-8-17(11-15)20(21,22)23/h6-8,11,16,18H,2-5,9-10,12-14H2,1H3/t16-,18+/m1/s1. The molecule has 2 aliphatic heterocycles. The van der Waals surface area contributed by atoms with Crippen molar-refractivity contribution in [1.29, 1.82) is 0 Å². The Morgan fingerprint density at radius 1 is 1.15 bits per heavy atom. The number of nitrogens with zero attached hydrogens (tertiary/aromatic N) is 2. The van der Waals surface area contributed by atoms with E-state index < -0.39 is 11.7 Å². The molecule has 26 heavy (non-hydrogen) atoms. The molecular weight excluding hydrogens is 341 g/mol. The van der Waals surface area contributed by atoms with Gasteiger partial charge in [0.1, 0.15) is 0 Å². The lowest BCUT2D eigenvalue weighted by atomic mass is 9.87. The second kappa shape index (κ2) is 7.99. The van der Waals surface area contributed by atoms with Crippen LogP contribution in [0.4, 0.5) is 13.2 Å². The van der Waals surface area contributed by atoms with Crippen LogP contribution in [0, 0.1) is 5.92 Å². The number of likely N-dealkylation sites (tertiary alicyclic amines) is 2. The first-order chi connectivity index (χ1) is 12.4. The topological polar surface area (TPSA) is 23.6 Å². The van der Waals surface area contributed by atoms with Crippen molar-refractivity contribution >= 4 is 5.91 Å². The summed E-state index contributed by atoms with van der Waals surface area (Å²) in [6.45, 7) is 5.95. The van der Waals surface area contributed by atoms with Gasteiger partial charge in [0.05, 0.1) is 5.56 Å². The van der Waals surface area contributed by atoms with Crippen LogP contribution in [0.25, 0.3) is 0 Å². The van der Waals surface area contributed by atoms with Crippen molar-refractivity contribution in [3.05, 3.63) is 35.4 Å². The Balaban J connectivity index is 1.82. The Kier molecular flexibility index (Phi) is 5.90. The molecule has 2 heterocycles. The quantitative estimate of drug-likeness (QED) is 0.797. The third-order valence-corrected chi connectivity index (χ3v) is 5.68. The number of rotatable bonds is 4. The molecule has 0 saturated carbocycles. The third-order valence-electron chi connectivity index (χ3n) is 5.68. The Bertz CT molecular complexity index is 626. The highest BCUT2D eigenvalue weighted by molar-refractivity contribution is 5.76. The van der Waals surface area contributed by atoms with Gasteiger partial charge in [0.25, 0.3) is 0 Å². The minimum absolute atomic E-state index is 0.0327. The zero-order valence-electron chi connectivity index (χ0n) is 15.3. The lowest BCUT2D eigenvalue weighted by Crippen LogP contribution is -2.36. The number of hydrogen-bond acceptors (Lipinski definition) is 2. The molecule has 0 N–H and O–H groups in total. The summed E-state index contributed by atoms with van der Waals surface area (Å²) in [6, 6.07) is 5.66. The van der Waals surface area contributed by atoms with Gasteiger partial charge in [-0.25, -0.2) is 0 Å². The van der Waals surface area contributed by atoms with E-state index in [9.17, 15) is 18.0 Å². The van der Waals surface area contributed by atoms with Crippen LogP contribution in [0.2, 0.25) is 0 Å². The fourth-order valence-corrected chi connectivity index (χ4v) is 4.28. The molecule has 6 heteroatoms. The lowest BCUT2D eigenvalue weighted by Gasteiger charge is -2.31.